The largest absolute Gasteiger partial charge is 0.399 e. The number of hydrogen-bond acceptors (Lipinski definition) is 6. The van der Waals surface area contributed by atoms with E-state index in [4.69, 9.17) is 5.73 Å². The summed E-state index contributed by atoms with van der Waals surface area (Å²) in [6.45, 7) is 0. The summed E-state index contributed by atoms with van der Waals surface area (Å²) in [7, 11) is 0. The molecule has 0 fully saturated rings. The van der Waals surface area contributed by atoms with Gasteiger partial charge in [0.25, 0.3) is 0 Å². The quantitative estimate of drug-likeness (QED) is 0.551. The first kappa shape index (κ1) is 22.7. The standard InChI is InChI=1S/C30H21N5O/c31-17-24-25(21-10-3-1-4-11-21)26(27(36)22-12-5-2-6-13-22)35-16-15-20-9-7-8-14-23(20)29(35)30(18-32,19-33)28(24)34/h1-16,25-26,29H,34H2/t25-,26-,29-/m1/s1. The van der Waals surface area contributed by atoms with E-state index in [-0.39, 0.29) is 17.1 Å². The van der Waals surface area contributed by atoms with Crippen molar-refractivity contribution in [2.24, 2.45) is 11.1 Å². The second-order valence-electron chi connectivity index (χ2n) is 8.83. The number of nitrogens with zero attached hydrogens (tertiary/aromatic N) is 4. The fourth-order valence-corrected chi connectivity index (χ4v) is 5.36. The van der Waals surface area contributed by atoms with Crippen LogP contribution in [0.25, 0.3) is 6.08 Å². The van der Waals surface area contributed by atoms with Crippen LogP contribution in [0.4, 0.5) is 0 Å². The molecule has 0 spiro atoms. The van der Waals surface area contributed by atoms with Gasteiger partial charge in [0.05, 0.1) is 35.5 Å². The first-order valence-corrected chi connectivity index (χ1v) is 11.5. The molecule has 5 rings (SSSR count). The van der Waals surface area contributed by atoms with Crippen LogP contribution in [0.1, 0.15) is 39.0 Å². The van der Waals surface area contributed by atoms with Crippen LogP contribution >= 0.6 is 0 Å². The van der Waals surface area contributed by atoms with Gasteiger partial charge in [-0.3, -0.25) is 4.79 Å². The predicted octanol–water partition coefficient (Wildman–Crippen LogP) is 4.83. The maximum atomic E-state index is 14.2. The number of hydrogen-bond donors (Lipinski definition) is 1. The van der Waals surface area contributed by atoms with Crippen molar-refractivity contribution < 1.29 is 4.79 Å². The number of ketones is 1. The predicted molar refractivity (Wildman–Crippen MR) is 134 cm³/mol. The number of rotatable bonds is 3. The number of carbonyl (C=O) groups is 1. The lowest BCUT2D eigenvalue weighted by Gasteiger charge is -2.44. The summed E-state index contributed by atoms with van der Waals surface area (Å²) in [6, 6.07) is 30.1. The van der Waals surface area contributed by atoms with Crippen LogP contribution in [0.15, 0.2) is 102 Å². The molecule has 0 bridgehead atoms. The van der Waals surface area contributed by atoms with Gasteiger partial charge in [0, 0.05) is 17.7 Å². The van der Waals surface area contributed by atoms with E-state index in [9.17, 15) is 20.6 Å². The summed E-state index contributed by atoms with van der Waals surface area (Å²) in [5.41, 5.74) is 7.35. The summed E-state index contributed by atoms with van der Waals surface area (Å²) in [4.78, 5) is 16.0. The Morgan fingerprint density at radius 1 is 0.861 bits per heavy atom. The number of nitriles is 3. The first-order valence-electron chi connectivity index (χ1n) is 11.5. The van der Waals surface area contributed by atoms with Gasteiger partial charge in [0.2, 0.25) is 5.41 Å². The third kappa shape index (κ3) is 3.27. The van der Waals surface area contributed by atoms with Crippen LogP contribution in [0, 0.1) is 39.4 Å². The minimum atomic E-state index is -1.90. The molecule has 6 nitrogen and oxygen atoms in total. The maximum Gasteiger partial charge on any atom is 0.207 e. The van der Waals surface area contributed by atoms with E-state index < -0.39 is 23.4 Å². The van der Waals surface area contributed by atoms with Crippen molar-refractivity contribution in [1.82, 2.24) is 4.90 Å². The Kier molecular flexibility index (Phi) is 5.61. The third-order valence-electron chi connectivity index (χ3n) is 7.05. The van der Waals surface area contributed by atoms with E-state index in [1.54, 1.807) is 35.4 Å². The van der Waals surface area contributed by atoms with Gasteiger partial charge in [0.15, 0.2) is 5.78 Å². The lowest BCUT2D eigenvalue weighted by atomic mass is 9.73. The third-order valence-corrected chi connectivity index (χ3v) is 7.05. The Balaban J connectivity index is 1.88. The average Bonchev–Trinajstić information content (AvgIpc) is 3.04. The lowest BCUT2D eigenvalue weighted by molar-refractivity contribution is 0.0770. The molecule has 36 heavy (non-hydrogen) atoms. The van der Waals surface area contributed by atoms with E-state index in [2.05, 4.69) is 18.2 Å². The summed E-state index contributed by atoms with van der Waals surface area (Å²) in [5.74, 6) is -1.03. The highest BCUT2D eigenvalue weighted by Gasteiger charge is 2.56. The highest BCUT2D eigenvalue weighted by atomic mass is 16.1. The molecule has 3 aromatic carbocycles. The van der Waals surface area contributed by atoms with Crippen LogP contribution < -0.4 is 5.73 Å². The minimum absolute atomic E-state index is 0.0545. The van der Waals surface area contributed by atoms with Crippen LogP contribution in [0.5, 0.6) is 0 Å². The zero-order valence-electron chi connectivity index (χ0n) is 19.2. The molecule has 2 aliphatic heterocycles. The van der Waals surface area contributed by atoms with E-state index in [0.29, 0.717) is 16.7 Å². The SMILES string of the molecule is N#CC1=C(N)C(C#N)(C#N)[C@H]2c3ccccc3C=CN2[C@@H](C(=O)c2ccccc2)[C@@H]1c1ccccc1. The van der Waals surface area contributed by atoms with Gasteiger partial charge in [-0.2, -0.15) is 15.8 Å². The molecule has 3 atom stereocenters. The summed E-state index contributed by atoms with van der Waals surface area (Å²) in [6.07, 6.45) is 3.62. The monoisotopic (exact) mass is 467 g/mol. The Bertz CT molecular complexity index is 1510. The van der Waals surface area contributed by atoms with Crippen molar-refractivity contribution in [3.63, 3.8) is 0 Å². The lowest BCUT2D eigenvalue weighted by Crippen LogP contribution is -2.48. The van der Waals surface area contributed by atoms with Crippen LogP contribution in [0.2, 0.25) is 0 Å². The normalized spacial score (nSPS) is 21.7. The fourth-order valence-electron chi connectivity index (χ4n) is 5.36. The van der Waals surface area contributed by atoms with Crippen molar-refractivity contribution >= 4 is 11.9 Å². The molecule has 0 aliphatic carbocycles. The van der Waals surface area contributed by atoms with Gasteiger partial charge >= 0.3 is 0 Å². The highest BCUT2D eigenvalue weighted by Crippen LogP contribution is 2.53. The van der Waals surface area contributed by atoms with Gasteiger partial charge in [-0.05, 0) is 22.8 Å². The van der Waals surface area contributed by atoms with E-state index in [0.717, 1.165) is 5.56 Å². The zero-order valence-corrected chi connectivity index (χ0v) is 19.2. The summed E-state index contributed by atoms with van der Waals surface area (Å²) < 4.78 is 0. The average molecular weight is 468 g/mol. The molecule has 3 aromatic rings. The van der Waals surface area contributed by atoms with Gasteiger partial charge in [-0.1, -0.05) is 84.9 Å². The number of fused-ring (bicyclic) bond motifs is 3. The Morgan fingerprint density at radius 3 is 2.11 bits per heavy atom. The molecule has 0 aromatic heterocycles. The Hall–Kier alpha value is -5.12. The topological polar surface area (TPSA) is 118 Å². The van der Waals surface area contributed by atoms with Crippen LogP contribution in [-0.4, -0.2) is 16.7 Å². The smallest absolute Gasteiger partial charge is 0.207 e. The van der Waals surface area contributed by atoms with Crippen molar-refractivity contribution in [3.05, 3.63) is 125 Å². The number of nitrogens with two attached hydrogens (primary N) is 1. The molecular formula is C30H21N5O. The van der Waals surface area contributed by atoms with Crippen molar-refractivity contribution in [2.75, 3.05) is 0 Å². The Labute approximate surface area is 209 Å². The molecule has 172 valence electrons. The zero-order chi connectivity index (χ0) is 25.3. The van der Waals surface area contributed by atoms with Crippen LogP contribution in [-0.2, 0) is 0 Å². The van der Waals surface area contributed by atoms with Crippen LogP contribution in [0.3, 0.4) is 0 Å². The second kappa shape index (κ2) is 8.91. The van der Waals surface area contributed by atoms with Crippen molar-refractivity contribution in [1.29, 1.82) is 15.8 Å². The molecule has 2 aliphatic rings. The summed E-state index contributed by atoms with van der Waals surface area (Å²) in [5, 5.41) is 31.3. The van der Waals surface area contributed by atoms with Crippen molar-refractivity contribution in [3.8, 4) is 18.2 Å². The molecule has 0 saturated heterocycles. The number of Topliss-reactive ketones (excluding diaryl/α,β-unsaturated/α-hetero) is 1. The van der Waals surface area contributed by atoms with E-state index in [1.807, 2.05) is 66.7 Å². The molecule has 6 heteroatoms. The fraction of sp³-hybridized carbons (Fsp3) is 0.133. The molecule has 2 heterocycles. The Morgan fingerprint density at radius 2 is 1.47 bits per heavy atom. The van der Waals surface area contributed by atoms with Gasteiger partial charge in [-0.25, -0.2) is 0 Å². The molecule has 0 amide bonds. The highest BCUT2D eigenvalue weighted by molar-refractivity contribution is 6.01. The molecular weight excluding hydrogens is 446 g/mol. The minimum Gasteiger partial charge on any atom is -0.399 e. The maximum absolute atomic E-state index is 14.2. The summed E-state index contributed by atoms with van der Waals surface area (Å²) >= 11 is 0. The van der Waals surface area contributed by atoms with Crippen molar-refractivity contribution in [2.45, 2.75) is 18.0 Å². The van der Waals surface area contributed by atoms with Gasteiger partial charge < -0.3 is 10.6 Å². The van der Waals surface area contributed by atoms with Gasteiger partial charge in [-0.15, -0.1) is 0 Å². The van der Waals surface area contributed by atoms with E-state index >= 15 is 0 Å². The number of carbonyl (C=O) groups excluding carboxylic acids is 1. The van der Waals surface area contributed by atoms with E-state index in [1.165, 1.54) is 0 Å². The molecule has 2 N–H and O–H groups in total. The first-order chi connectivity index (χ1) is 17.6. The molecule has 0 saturated carbocycles. The van der Waals surface area contributed by atoms with Gasteiger partial charge in [0.1, 0.15) is 6.04 Å². The molecule has 0 radical (unpaired) electrons. The second-order valence-corrected chi connectivity index (χ2v) is 8.83. The number of benzene rings is 3. The molecule has 0 unspecified atom stereocenters.